The van der Waals surface area contributed by atoms with E-state index in [9.17, 15) is 4.79 Å². The summed E-state index contributed by atoms with van der Waals surface area (Å²) in [7, 11) is 0. The van der Waals surface area contributed by atoms with Crippen molar-refractivity contribution in [3.8, 4) is 0 Å². The van der Waals surface area contributed by atoms with Gasteiger partial charge in [-0.1, -0.05) is 6.92 Å². The number of nitrogens with one attached hydrogen (secondary N) is 2. The van der Waals surface area contributed by atoms with Gasteiger partial charge in [0.1, 0.15) is 11.5 Å². The monoisotopic (exact) mass is 283 g/mol. The molecule has 0 fully saturated rings. The molecule has 6 nitrogen and oxygen atoms in total. The summed E-state index contributed by atoms with van der Waals surface area (Å²) in [4.78, 5) is 15.6. The van der Waals surface area contributed by atoms with E-state index in [1.807, 2.05) is 11.5 Å². The lowest BCUT2D eigenvalue weighted by atomic mass is 10.4. The number of carbonyl (C=O) groups excluding carboxylic acids is 1. The molecule has 0 aliphatic heterocycles. The van der Waals surface area contributed by atoms with Gasteiger partial charge >= 0.3 is 0 Å². The van der Waals surface area contributed by atoms with Gasteiger partial charge in [0.25, 0.3) is 5.91 Å². The summed E-state index contributed by atoms with van der Waals surface area (Å²) in [5, 5.41) is 11.4. The molecule has 8 heteroatoms. The third-order valence-corrected chi connectivity index (χ3v) is 3.34. The molecule has 0 spiro atoms. The van der Waals surface area contributed by atoms with Crippen molar-refractivity contribution in [2.24, 2.45) is 0 Å². The first-order valence-corrected chi connectivity index (χ1v) is 6.88. The molecule has 0 atom stereocenters. The molecule has 2 heterocycles. The number of hydrogen-bond acceptors (Lipinski definition) is 5. The minimum Gasteiger partial charge on any atom is -0.349 e. The maximum Gasteiger partial charge on any atom is 0.270 e. The lowest BCUT2D eigenvalue weighted by molar-refractivity contribution is 0.0948. The second-order valence-corrected chi connectivity index (χ2v) is 4.69. The lowest BCUT2D eigenvalue weighted by Crippen LogP contribution is -2.27. The Morgan fingerprint density at radius 2 is 2.50 bits per heavy atom. The number of aromatic amines is 1. The zero-order chi connectivity index (χ0) is 13.0. The fourth-order valence-electron chi connectivity index (χ4n) is 1.55. The molecule has 96 valence electrons. The topological polar surface area (TPSA) is 75.6 Å². The molecule has 0 aliphatic rings. The predicted octanol–water partition coefficient (Wildman–Crippen LogP) is 1.39. The molecule has 0 radical (unpaired) electrons. The van der Waals surface area contributed by atoms with Gasteiger partial charge in [-0.05, 0) is 12.2 Å². The third kappa shape index (κ3) is 2.82. The molecule has 2 N–H and O–H groups in total. The molecule has 2 aromatic rings. The van der Waals surface area contributed by atoms with Gasteiger partial charge in [-0.2, -0.15) is 5.10 Å². The number of aryl methyl sites for hydroxylation is 1. The second kappa shape index (κ2) is 5.87. The minimum absolute atomic E-state index is 0.163. The first-order chi connectivity index (χ1) is 8.72. The Morgan fingerprint density at radius 3 is 3.17 bits per heavy atom. The lowest BCUT2D eigenvalue weighted by Gasteiger charge is -2.06. The van der Waals surface area contributed by atoms with Crippen LogP contribution in [-0.2, 0) is 13.0 Å². The molecule has 0 saturated carbocycles. The molecule has 0 aliphatic carbocycles. The smallest absolute Gasteiger partial charge is 0.270 e. The number of carbonyl (C=O) groups is 1. The number of hydrogen-bond donors (Lipinski definition) is 2. The van der Waals surface area contributed by atoms with Gasteiger partial charge in [-0.3, -0.25) is 9.89 Å². The summed E-state index contributed by atoms with van der Waals surface area (Å²) in [6.07, 6.45) is 0.799. The highest BCUT2D eigenvalue weighted by Gasteiger charge is 2.08. The zero-order valence-electron chi connectivity index (χ0n) is 9.84. The SMILES string of the molecule is CCc1n[nH]c(=S)n1CCNC(=O)c1cscn1. The van der Waals surface area contributed by atoms with Crippen LogP contribution in [0.1, 0.15) is 23.2 Å². The highest BCUT2D eigenvalue weighted by molar-refractivity contribution is 7.71. The number of amides is 1. The van der Waals surface area contributed by atoms with Crippen molar-refractivity contribution >= 4 is 29.5 Å². The van der Waals surface area contributed by atoms with Gasteiger partial charge in [-0.15, -0.1) is 11.3 Å². The molecule has 0 aromatic carbocycles. The van der Waals surface area contributed by atoms with Gasteiger partial charge in [0.05, 0.1) is 5.51 Å². The highest BCUT2D eigenvalue weighted by Crippen LogP contribution is 2.01. The van der Waals surface area contributed by atoms with Crippen molar-refractivity contribution in [1.29, 1.82) is 0 Å². The molecule has 0 saturated heterocycles. The molecular weight excluding hydrogens is 270 g/mol. The molecule has 1 amide bonds. The molecule has 18 heavy (non-hydrogen) atoms. The fraction of sp³-hybridized carbons (Fsp3) is 0.400. The number of nitrogens with zero attached hydrogens (tertiary/aromatic N) is 3. The van der Waals surface area contributed by atoms with Crippen LogP contribution in [-0.4, -0.2) is 32.2 Å². The Labute approximate surface area is 113 Å². The van der Waals surface area contributed by atoms with Crippen LogP contribution in [0.5, 0.6) is 0 Å². The van der Waals surface area contributed by atoms with E-state index in [0.717, 1.165) is 12.2 Å². The van der Waals surface area contributed by atoms with Crippen molar-refractivity contribution < 1.29 is 4.79 Å². The third-order valence-electron chi connectivity index (χ3n) is 2.44. The standard InChI is InChI=1S/C10H13N5OS2/c1-2-8-13-14-10(17)15(8)4-3-11-9(16)7-5-18-6-12-7/h5-6H,2-4H2,1H3,(H,11,16)(H,14,17). The van der Waals surface area contributed by atoms with Crippen molar-refractivity contribution in [3.05, 3.63) is 27.2 Å². The van der Waals surface area contributed by atoms with E-state index in [4.69, 9.17) is 12.2 Å². The van der Waals surface area contributed by atoms with E-state index in [1.54, 1.807) is 10.9 Å². The van der Waals surface area contributed by atoms with Crippen LogP contribution in [0.4, 0.5) is 0 Å². The number of aromatic nitrogens is 4. The molecular formula is C10H13N5OS2. The van der Waals surface area contributed by atoms with Gasteiger partial charge in [0, 0.05) is 24.9 Å². The summed E-state index contributed by atoms with van der Waals surface area (Å²) in [6.45, 7) is 3.11. The first kappa shape index (κ1) is 12.9. The van der Waals surface area contributed by atoms with Crippen LogP contribution < -0.4 is 5.32 Å². The largest absolute Gasteiger partial charge is 0.349 e. The summed E-state index contributed by atoms with van der Waals surface area (Å²) in [5.74, 6) is 0.729. The first-order valence-electron chi connectivity index (χ1n) is 5.53. The fourth-order valence-corrected chi connectivity index (χ4v) is 2.32. The number of thiazole rings is 1. The summed E-state index contributed by atoms with van der Waals surface area (Å²) < 4.78 is 2.46. The Hall–Kier alpha value is -1.54. The number of rotatable bonds is 5. The van der Waals surface area contributed by atoms with Crippen LogP contribution in [0.3, 0.4) is 0 Å². The number of H-pyrrole nitrogens is 1. The van der Waals surface area contributed by atoms with Crippen LogP contribution in [0.25, 0.3) is 0 Å². The molecule has 0 bridgehead atoms. The maximum absolute atomic E-state index is 11.6. The van der Waals surface area contributed by atoms with E-state index < -0.39 is 0 Å². The quantitative estimate of drug-likeness (QED) is 0.813. The maximum atomic E-state index is 11.6. The van der Waals surface area contributed by atoms with Crippen LogP contribution in [0, 0.1) is 4.77 Å². The average molecular weight is 283 g/mol. The minimum atomic E-state index is -0.163. The molecule has 2 aromatic heterocycles. The Balaban J connectivity index is 1.91. The second-order valence-electron chi connectivity index (χ2n) is 3.58. The summed E-state index contributed by atoms with van der Waals surface area (Å²) >= 11 is 6.52. The van der Waals surface area contributed by atoms with Gasteiger partial charge in [0.2, 0.25) is 0 Å². The van der Waals surface area contributed by atoms with E-state index in [1.165, 1.54) is 11.3 Å². The van der Waals surface area contributed by atoms with E-state index in [2.05, 4.69) is 20.5 Å². The Bertz CT molecular complexity index is 571. The highest BCUT2D eigenvalue weighted by atomic mass is 32.1. The van der Waals surface area contributed by atoms with Gasteiger partial charge in [0.15, 0.2) is 4.77 Å². The van der Waals surface area contributed by atoms with Crippen molar-refractivity contribution in [1.82, 2.24) is 25.1 Å². The normalized spacial score (nSPS) is 10.5. The van der Waals surface area contributed by atoms with Crippen molar-refractivity contribution in [3.63, 3.8) is 0 Å². The van der Waals surface area contributed by atoms with Gasteiger partial charge < -0.3 is 9.88 Å². The molecule has 2 rings (SSSR count). The predicted molar refractivity (Wildman–Crippen MR) is 71.2 cm³/mol. The van der Waals surface area contributed by atoms with Crippen molar-refractivity contribution in [2.75, 3.05) is 6.54 Å². The van der Waals surface area contributed by atoms with Crippen molar-refractivity contribution in [2.45, 2.75) is 19.9 Å². The van der Waals surface area contributed by atoms with Crippen LogP contribution in [0.15, 0.2) is 10.9 Å². The zero-order valence-corrected chi connectivity index (χ0v) is 11.5. The van der Waals surface area contributed by atoms with E-state index in [-0.39, 0.29) is 5.91 Å². The van der Waals surface area contributed by atoms with E-state index in [0.29, 0.717) is 23.6 Å². The van der Waals surface area contributed by atoms with Crippen LogP contribution >= 0.6 is 23.6 Å². The summed E-state index contributed by atoms with van der Waals surface area (Å²) in [5.41, 5.74) is 2.09. The van der Waals surface area contributed by atoms with Crippen LogP contribution in [0.2, 0.25) is 0 Å². The van der Waals surface area contributed by atoms with Gasteiger partial charge in [-0.25, -0.2) is 4.98 Å². The Kier molecular flexibility index (Phi) is 4.21. The Morgan fingerprint density at radius 1 is 1.67 bits per heavy atom. The summed E-state index contributed by atoms with van der Waals surface area (Å²) in [6, 6.07) is 0. The average Bonchev–Trinajstić information content (AvgIpc) is 3.00. The molecule has 0 unspecified atom stereocenters. The van der Waals surface area contributed by atoms with E-state index >= 15 is 0 Å².